The lowest BCUT2D eigenvalue weighted by molar-refractivity contribution is 0.437. The molecule has 0 unspecified atom stereocenters. The number of hydrogen-bond donors (Lipinski definition) is 1. The Kier molecular flexibility index (Phi) is 4.22. The van der Waals surface area contributed by atoms with Gasteiger partial charge in [0.1, 0.15) is 5.75 Å². The second kappa shape index (κ2) is 5.69. The third-order valence-electron chi connectivity index (χ3n) is 2.39. The highest BCUT2D eigenvalue weighted by Crippen LogP contribution is 2.32. The molecule has 0 amide bonds. The first-order chi connectivity index (χ1) is 8.61. The highest BCUT2D eigenvalue weighted by Gasteiger charge is 2.10. The Labute approximate surface area is 118 Å². The van der Waals surface area contributed by atoms with Crippen molar-refractivity contribution in [2.75, 3.05) is 0 Å². The van der Waals surface area contributed by atoms with Crippen LogP contribution >= 0.6 is 27.5 Å². The van der Waals surface area contributed by atoms with Crippen molar-refractivity contribution in [2.24, 2.45) is 5.73 Å². The van der Waals surface area contributed by atoms with Gasteiger partial charge in [0.15, 0.2) is 11.6 Å². The summed E-state index contributed by atoms with van der Waals surface area (Å²) in [6.07, 6.45) is 0. The maximum absolute atomic E-state index is 13.6. The van der Waals surface area contributed by atoms with Crippen molar-refractivity contribution in [2.45, 2.75) is 6.54 Å². The molecule has 94 valence electrons. The molecule has 0 heterocycles. The van der Waals surface area contributed by atoms with Crippen LogP contribution in [0.2, 0.25) is 5.02 Å². The lowest BCUT2D eigenvalue weighted by Crippen LogP contribution is -2.01. The predicted octanol–water partition coefficient (Wildman–Crippen LogP) is 4.49. The normalized spacial score (nSPS) is 10.4. The fraction of sp³-hybridized carbons (Fsp3) is 0.0769. The van der Waals surface area contributed by atoms with E-state index in [-0.39, 0.29) is 12.3 Å². The fourth-order valence-corrected chi connectivity index (χ4v) is 2.09. The highest BCUT2D eigenvalue weighted by molar-refractivity contribution is 9.10. The minimum Gasteiger partial charge on any atom is -0.454 e. The van der Waals surface area contributed by atoms with Gasteiger partial charge in [-0.2, -0.15) is 0 Å². The van der Waals surface area contributed by atoms with Gasteiger partial charge in [-0.25, -0.2) is 4.39 Å². The van der Waals surface area contributed by atoms with E-state index in [1.165, 1.54) is 6.07 Å². The largest absolute Gasteiger partial charge is 0.454 e. The van der Waals surface area contributed by atoms with Gasteiger partial charge in [0, 0.05) is 21.6 Å². The summed E-state index contributed by atoms with van der Waals surface area (Å²) < 4.78 is 19.8. The standard InChI is InChI=1S/C13H10BrClFNO/c14-8-4-5-11(16)13(6-8)18-12-3-1-2-10(15)9(12)7-17/h1-6H,7,17H2. The highest BCUT2D eigenvalue weighted by atomic mass is 79.9. The molecule has 0 aliphatic rings. The molecule has 0 radical (unpaired) electrons. The van der Waals surface area contributed by atoms with Crippen molar-refractivity contribution >= 4 is 27.5 Å². The summed E-state index contributed by atoms with van der Waals surface area (Å²) in [5.41, 5.74) is 6.26. The minimum absolute atomic E-state index is 0.126. The molecule has 0 aromatic heterocycles. The number of rotatable bonds is 3. The average Bonchev–Trinajstić information content (AvgIpc) is 2.34. The van der Waals surface area contributed by atoms with Crippen molar-refractivity contribution in [3.63, 3.8) is 0 Å². The molecule has 0 aliphatic carbocycles. The van der Waals surface area contributed by atoms with E-state index in [0.29, 0.717) is 16.3 Å². The Morgan fingerprint density at radius 2 is 2.00 bits per heavy atom. The zero-order chi connectivity index (χ0) is 13.1. The van der Waals surface area contributed by atoms with Gasteiger partial charge in [-0.15, -0.1) is 0 Å². The van der Waals surface area contributed by atoms with E-state index in [1.807, 2.05) is 0 Å². The lowest BCUT2D eigenvalue weighted by atomic mass is 10.2. The van der Waals surface area contributed by atoms with Crippen molar-refractivity contribution < 1.29 is 9.13 Å². The molecule has 0 atom stereocenters. The third kappa shape index (κ3) is 2.83. The maximum atomic E-state index is 13.6. The number of nitrogens with two attached hydrogens (primary N) is 1. The first-order valence-corrected chi connectivity index (χ1v) is 6.39. The molecule has 0 aliphatic heterocycles. The van der Waals surface area contributed by atoms with E-state index in [2.05, 4.69) is 15.9 Å². The molecule has 2 rings (SSSR count). The summed E-state index contributed by atoms with van der Waals surface area (Å²) in [5.74, 6) is 0.143. The van der Waals surface area contributed by atoms with Crippen molar-refractivity contribution in [3.05, 3.63) is 57.3 Å². The van der Waals surface area contributed by atoms with E-state index in [0.717, 1.165) is 4.47 Å². The second-order valence-corrected chi connectivity index (χ2v) is 4.92. The third-order valence-corrected chi connectivity index (χ3v) is 3.24. The Morgan fingerprint density at radius 1 is 1.22 bits per heavy atom. The molecule has 0 fully saturated rings. The van der Waals surface area contributed by atoms with E-state index >= 15 is 0 Å². The fourth-order valence-electron chi connectivity index (χ4n) is 1.51. The van der Waals surface area contributed by atoms with Crippen LogP contribution in [0.1, 0.15) is 5.56 Å². The number of ether oxygens (including phenoxy) is 1. The molecule has 0 spiro atoms. The Morgan fingerprint density at radius 3 is 2.72 bits per heavy atom. The molecule has 0 bridgehead atoms. The molecular weight excluding hydrogens is 321 g/mol. The van der Waals surface area contributed by atoms with Crippen LogP contribution in [0.3, 0.4) is 0 Å². The summed E-state index contributed by atoms with van der Waals surface area (Å²) >= 11 is 9.27. The molecule has 5 heteroatoms. The van der Waals surface area contributed by atoms with Gasteiger partial charge in [0.25, 0.3) is 0 Å². The summed E-state index contributed by atoms with van der Waals surface area (Å²) in [6.45, 7) is 0.227. The van der Waals surface area contributed by atoms with Crippen LogP contribution in [0.25, 0.3) is 0 Å². The Hall–Kier alpha value is -1.10. The van der Waals surface area contributed by atoms with Crippen LogP contribution in [0, 0.1) is 5.82 Å². The van der Waals surface area contributed by atoms with Gasteiger partial charge in [0.05, 0.1) is 0 Å². The molecule has 0 saturated carbocycles. The van der Waals surface area contributed by atoms with Crippen molar-refractivity contribution in [3.8, 4) is 11.5 Å². The Balaban J connectivity index is 2.40. The average molecular weight is 331 g/mol. The summed E-state index contributed by atoms with van der Waals surface area (Å²) in [6, 6.07) is 9.63. The van der Waals surface area contributed by atoms with Crippen molar-refractivity contribution in [1.82, 2.24) is 0 Å². The van der Waals surface area contributed by atoms with Gasteiger partial charge in [0.2, 0.25) is 0 Å². The van der Waals surface area contributed by atoms with Crippen LogP contribution in [-0.4, -0.2) is 0 Å². The first-order valence-electron chi connectivity index (χ1n) is 5.22. The molecule has 2 aromatic rings. The summed E-state index contributed by atoms with van der Waals surface area (Å²) in [5, 5.41) is 0.505. The zero-order valence-corrected chi connectivity index (χ0v) is 11.6. The van der Waals surface area contributed by atoms with E-state index in [1.54, 1.807) is 30.3 Å². The Bertz CT molecular complexity index is 577. The van der Waals surface area contributed by atoms with Crippen molar-refractivity contribution in [1.29, 1.82) is 0 Å². The first kappa shape index (κ1) is 13.3. The summed E-state index contributed by atoms with van der Waals surface area (Å²) in [7, 11) is 0. The molecule has 2 nitrogen and oxygen atoms in total. The van der Waals surface area contributed by atoms with Crippen LogP contribution in [0.4, 0.5) is 4.39 Å². The van der Waals surface area contributed by atoms with Gasteiger partial charge in [-0.3, -0.25) is 0 Å². The van der Waals surface area contributed by atoms with Gasteiger partial charge in [-0.05, 0) is 30.3 Å². The maximum Gasteiger partial charge on any atom is 0.165 e. The van der Waals surface area contributed by atoms with Gasteiger partial charge >= 0.3 is 0 Å². The molecule has 2 aromatic carbocycles. The number of benzene rings is 2. The monoisotopic (exact) mass is 329 g/mol. The van der Waals surface area contributed by atoms with E-state index < -0.39 is 5.82 Å². The van der Waals surface area contributed by atoms with Gasteiger partial charge in [-0.1, -0.05) is 33.6 Å². The second-order valence-electron chi connectivity index (χ2n) is 3.60. The number of hydrogen-bond acceptors (Lipinski definition) is 2. The van der Waals surface area contributed by atoms with Crippen LogP contribution in [0.15, 0.2) is 40.9 Å². The molecular formula is C13H10BrClFNO. The minimum atomic E-state index is -0.443. The number of halogens is 3. The van der Waals surface area contributed by atoms with Crippen LogP contribution < -0.4 is 10.5 Å². The zero-order valence-electron chi connectivity index (χ0n) is 9.29. The lowest BCUT2D eigenvalue weighted by Gasteiger charge is -2.12. The predicted molar refractivity (Wildman–Crippen MR) is 73.5 cm³/mol. The van der Waals surface area contributed by atoms with E-state index in [9.17, 15) is 4.39 Å². The van der Waals surface area contributed by atoms with Gasteiger partial charge < -0.3 is 10.5 Å². The van der Waals surface area contributed by atoms with E-state index in [4.69, 9.17) is 22.1 Å². The topological polar surface area (TPSA) is 35.2 Å². The summed E-state index contributed by atoms with van der Waals surface area (Å²) in [4.78, 5) is 0. The smallest absolute Gasteiger partial charge is 0.165 e. The van der Waals surface area contributed by atoms with Crippen LogP contribution in [-0.2, 0) is 6.54 Å². The molecule has 18 heavy (non-hydrogen) atoms. The molecule has 2 N–H and O–H groups in total. The SMILES string of the molecule is NCc1c(Cl)cccc1Oc1cc(Br)ccc1F. The quantitative estimate of drug-likeness (QED) is 0.899. The van der Waals surface area contributed by atoms with Crippen LogP contribution in [0.5, 0.6) is 11.5 Å². The molecule has 0 saturated heterocycles.